The zero-order valence-electron chi connectivity index (χ0n) is 15.1. The number of para-hydroxylation sites is 1. The van der Waals surface area contributed by atoms with E-state index in [1.807, 2.05) is 0 Å². The van der Waals surface area contributed by atoms with Gasteiger partial charge in [-0.1, -0.05) is 12.1 Å². The maximum absolute atomic E-state index is 13.0. The van der Waals surface area contributed by atoms with Crippen LogP contribution in [0.5, 0.6) is 5.75 Å². The largest absolute Gasteiger partial charge is 0.492 e. The number of nitrogens with zero attached hydrogens (tertiary/aromatic N) is 1. The van der Waals surface area contributed by atoms with Crippen molar-refractivity contribution in [3.63, 3.8) is 0 Å². The van der Waals surface area contributed by atoms with Crippen LogP contribution in [-0.2, 0) is 25.6 Å². The highest BCUT2D eigenvalue weighted by Gasteiger charge is 2.36. The molecule has 2 heterocycles. The summed E-state index contributed by atoms with van der Waals surface area (Å²) in [6.07, 6.45) is 1.97. The Morgan fingerprint density at radius 1 is 1.07 bits per heavy atom. The van der Waals surface area contributed by atoms with Crippen LogP contribution < -0.4 is 4.74 Å². The molecule has 0 spiro atoms. The third kappa shape index (κ3) is 4.36. The van der Waals surface area contributed by atoms with E-state index in [4.69, 9.17) is 9.15 Å². The van der Waals surface area contributed by atoms with Crippen LogP contribution in [0.2, 0.25) is 0 Å². The van der Waals surface area contributed by atoms with Gasteiger partial charge in [-0.05, 0) is 44.0 Å². The summed E-state index contributed by atoms with van der Waals surface area (Å²) in [6, 6.07) is 9.78. The fourth-order valence-corrected chi connectivity index (χ4v) is 6.55. The third-order valence-electron chi connectivity index (χ3n) is 4.60. The van der Waals surface area contributed by atoms with Gasteiger partial charge < -0.3 is 9.15 Å². The summed E-state index contributed by atoms with van der Waals surface area (Å²) in [5.41, 5.74) is 0. The smallest absolute Gasteiger partial charge is 0.246 e. The molecule has 27 heavy (non-hydrogen) atoms. The van der Waals surface area contributed by atoms with Gasteiger partial charge in [0.05, 0.1) is 18.1 Å². The lowest BCUT2D eigenvalue weighted by atomic mass is 10.2. The second kappa shape index (κ2) is 8.04. The Kier molecular flexibility index (Phi) is 5.92. The fraction of sp³-hybridized carbons (Fsp3) is 0.444. The monoisotopic (exact) mass is 413 g/mol. The predicted molar refractivity (Wildman–Crippen MR) is 101 cm³/mol. The molecule has 1 aliphatic heterocycles. The van der Waals surface area contributed by atoms with Gasteiger partial charge in [-0.3, -0.25) is 0 Å². The quantitative estimate of drug-likeness (QED) is 0.692. The number of ether oxygens (including phenoxy) is 1. The molecule has 7 nitrogen and oxygen atoms in total. The lowest BCUT2D eigenvalue weighted by molar-refractivity contribution is 0.322. The minimum Gasteiger partial charge on any atom is -0.492 e. The van der Waals surface area contributed by atoms with Crippen molar-refractivity contribution in [2.24, 2.45) is 0 Å². The van der Waals surface area contributed by atoms with Gasteiger partial charge in [0.15, 0.2) is 9.84 Å². The lowest BCUT2D eigenvalue weighted by Gasteiger charge is -2.31. The molecule has 0 radical (unpaired) electrons. The highest BCUT2D eigenvalue weighted by Crippen LogP contribution is 2.30. The third-order valence-corrected chi connectivity index (χ3v) is 8.71. The summed E-state index contributed by atoms with van der Waals surface area (Å²) in [6.45, 7) is 2.47. The van der Waals surface area contributed by atoms with E-state index in [1.54, 1.807) is 37.3 Å². The molecule has 0 atom stereocenters. The van der Waals surface area contributed by atoms with Gasteiger partial charge >= 0.3 is 0 Å². The molecular formula is C18H23NO6S2. The first kappa shape index (κ1) is 19.9. The van der Waals surface area contributed by atoms with E-state index < -0.39 is 25.1 Å². The highest BCUT2D eigenvalue weighted by atomic mass is 32.2. The van der Waals surface area contributed by atoms with Gasteiger partial charge in [0, 0.05) is 13.1 Å². The summed E-state index contributed by atoms with van der Waals surface area (Å²) in [7, 11) is -7.14. The van der Waals surface area contributed by atoms with Gasteiger partial charge in [0.1, 0.15) is 22.2 Å². The van der Waals surface area contributed by atoms with E-state index in [0.717, 1.165) is 0 Å². The molecule has 1 aromatic carbocycles. The van der Waals surface area contributed by atoms with Crippen LogP contribution in [0.4, 0.5) is 0 Å². The Hall–Kier alpha value is -1.84. The zero-order chi connectivity index (χ0) is 19.5. The van der Waals surface area contributed by atoms with E-state index in [0.29, 0.717) is 18.1 Å². The number of hydrogen-bond donors (Lipinski definition) is 0. The predicted octanol–water partition coefficient (Wildman–Crippen LogP) is 2.45. The Labute approximate surface area is 159 Å². The average molecular weight is 414 g/mol. The Morgan fingerprint density at radius 3 is 2.41 bits per heavy atom. The minimum absolute atomic E-state index is 0.115. The van der Waals surface area contributed by atoms with E-state index >= 15 is 0 Å². The van der Waals surface area contributed by atoms with Crippen molar-refractivity contribution in [3.05, 3.63) is 48.4 Å². The van der Waals surface area contributed by atoms with Crippen molar-refractivity contribution in [2.75, 3.05) is 19.7 Å². The second-order valence-corrected chi connectivity index (χ2v) is 10.6. The number of furan rings is 1. The van der Waals surface area contributed by atoms with Gasteiger partial charge in [-0.2, -0.15) is 4.31 Å². The van der Waals surface area contributed by atoms with Crippen LogP contribution in [0, 0.1) is 0 Å². The van der Waals surface area contributed by atoms with Gasteiger partial charge in [-0.15, -0.1) is 0 Å². The summed E-state index contributed by atoms with van der Waals surface area (Å²) in [5.74, 6) is 0.549. The zero-order valence-corrected chi connectivity index (χ0v) is 16.7. The van der Waals surface area contributed by atoms with Gasteiger partial charge in [0.2, 0.25) is 10.0 Å². The minimum atomic E-state index is -3.74. The van der Waals surface area contributed by atoms with Crippen LogP contribution in [0.15, 0.2) is 52.0 Å². The maximum atomic E-state index is 13.0. The van der Waals surface area contributed by atoms with Crippen molar-refractivity contribution in [2.45, 2.75) is 35.7 Å². The molecule has 1 fully saturated rings. The van der Waals surface area contributed by atoms with Crippen molar-refractivity contribution in [1.29, 1.82) is 0 Å². The van der Waals surface area contributed by atoms with E-state index in [-0.39, 0.29) is 36.6 Å². The van der Waals surface area contributed by atoms with E-state index in [9.17, 15) is 16.8 Å². The number of sulfone groups is 1. The number of piperidine rings is 1. The summed E-state index contributed by atoms with van der Waals surface area (Å²) in [5, 5.41) is -0.573. The Bertz CT molecular complexity index is 959. The summed E-state index contributed by atoms with van der Waals surface area (Å²) < 4.78 is 63.0. The maximum Gasteiger partial charge on any atom is 0.246 e. The fourth-order valence-electron chi connectivity index (χ4n) is 3.22. The number of rotatable bonds is 7. The molecule has 0 amide bonds. The lowest BCUT2D eigenvalue weighted by Crippen LogP contribution is -2.42. The SMILES string of the molecule is CCOc1ccccc1S(=O)(=O)N1CCC(S(=O)(=O)Cc2ccco2)CC1. The Balaban J connectivity index is 1.72. The molecule has 0 bridgehead atoms. The van der Waals surface area contributed by atoms with E-state index in [1.165, 1.54) is 16.6 Å². The molecule has 1 aliphatic rings. The molecule has 1 saturated heterocycles. The molecular weight excluding hydrogens is 390 g/mol. The first-order valence-electron chi connectivity index (χ1n) is 8.80. The number of benzene rings is 1. The standard InChI is InChI=1S/C18H23NO6S2/c1-2-24-17-7-3-4-8-18(17)27(22,23)19-11-9-16(10-12-19)26(20,21)14-15-6-5-13-25-15/h3-8,13,16H,2,9-12,14H2,1H3. The first-order valence-corrected chi connectivity index (χ1v) is 12.0. The second-order valence-electron chi connectivity index (χ2n) is 6.37. The van der Waals surface area contributed by atoms with Gasteiger partial charge in [-0.25, -0.2) is 16.8 Å². The van der Waals surface area contributed by atoms with Crippen LogP contribution in [0.3, 0.4) is 0 Å². The Morgan fingerprint density at radius 2 is 1.78 bits per heavy atom. The topological polar surface area (TPSA) is 93.9 Å². The van der Waals surface area contributed by atoms with E-state index in [2.05, 4.69) is 0 Å². The van der Waals surface area contributed by atoms with Crippen molar-refractivity contribution < 1.29 is 26.0 Å². The van der Waals surface area contributed by atoms with Crippen molar-refractivity contribution in [3.8, 4) is 5.75 Å². The van der Waals surface area contributed by atoms with Crippen LogP contribution >= 0.6 is 0 Å². The average Bonchev–Trinajstić information content (AvgIpc) is 3.15. The molecule has 148 valence electrons. The molecule has 9 heteroatoms. The molecule has 1 aromatic heterocycles. The van der Waals surface area contributed by atoms with Crippen LogP contribution in [0.1, 0.15) is 25.5 Å². The summed E-state index contributed by atoms with van der Waals surface area (Å²) in [4.78, 5) is 0.115. The van der Waals surface area contributed by atoms with Gasteiger partial charge in [0.25, 0.3) is 0 Å². The molecule has 0 N–H and O–H groups in total. The molecule has 2 aromatic rings. The number of sulfonamides is 1. The van der Waals surface area contributed by atoms with Crippen LogP contribution in [0.25, 0.3) is 0 Å². The van der Waals surface area contributed by atoms with Crippen molar-refractivity contribution >= 4 is 19.9 Å². The molecule has 0 saturated carbocycles. The first-order chi connectivity index (χ1) is 12.8. The highest BCUT2D eigenvalue weighted by molar-refractivity contribution is 7.91. The molecule has 0 aliphatic carbocycles. The molecule has 0 unspecified atom stereocenters. The summed E-state index contributed by atoms with van der Waals surface area (Å²) >= 11 is 0. The van der Waals surface area contributed by atoms with Crippen molar-refractivity contribution in [1.82, 2.24) is 4.31 Å². The normalized spacial score (nSPS) is 17.1. The van der Waals surface area contributed by atoms with Crippen LogP contribution in [-0.4, -0.2) is 46.1 Å². The molecule has 3 rings (SSSR count). The number of hydrogen-bond acceptors (Lipinski definition) is 6.